The first-order chi connectivity index (χ1) is 12.7. The molecule has 0 aromatic heterocycles. The highest BCUT2D eigenvalue weighted by molar-refractivity contribution is 7.92. The Kier molecular flexibility index (Phi) is 4.93. The molecule has 3 N–H and O–H groups in total. The Morgan fingerprint density at radius 1 is 1.07 bits per heavy atom. The molecule has 0 bridgehead atoms. The van der Waals surface area contributed by atoms with Crippen LogP contribution in [0.5, 0.6) is 0 Å². The fraction of sp³-hybridized carbons (Fsp3) is 0.263. The van der Waals surface area contributed by atoms with E-state index in [0.717, 1.165) is 5.56 Å². The van der Waals surface area contributed by atoms with Crippen molar-refractivity contribution in [2.75, 3.05) is 15.4 Å². The number of rotatable bonds is 5. The lowest BCUT2D eigenvalue weighted by atomic mass is 9.89. The average Bonchev–Trinajstić information content (AvgIpc) is 2.89. The number of hydrogen-bond donors (Lipinski definition) is 3. The van der Waals surface area contributed by atoms with Crippen molar-refractivity contribution in [1.29, 1.82) is 0 Å². The van der Waals surface area contributed by atoms with Gasteiger partial charge >= 0.3 is 0 Å². The molecule has 0 saturated heterocycles. The third-order valence-electron chi connectivity index (χ3n) is 4.33. The Bertz CT molecular complexity index is 998. The Balaban J connectivity index is 1.85. The van der Waals surface area contributed by atoms with Gasteiger partial charge in [0.2, 0.25) is 11.8 Å². The minimum absolute atomic E-state index is 0.0754. The SMILES string of the molecule is CC(=O)Nc1ccc(S(=O)(=O)Nc2ccc3c(c2)C(C(C)C)C(=O)N3)cc1. The number of benzene rings is 2. The van der Waals surface area contributed by atoms with Crippen LogP contribution in [0.2, 0.25) is 0 Å². The van der Waals surface area contributed by atoms with Crippen molar-refractivity contribution in [3.63, 3.8) is 0 Å². The lowest BCUT2D eigenvalue weighted by molar-refractivity contribution is -0.118. The Labute approximate surface area is 158 Å². The molecule has 1 heterocycles. The van der Waals surface area contributed by atoms with Gasteiger partial charge in [-0.2, -0.15) is 0 Å². The first-order valence-electron chi connectivity index (χ1n) is 8.52. The van der Waals surface area contributed by atoms with E-state index < -0.39 is 10.0 Å². The maximum Gasteiger partial charge on any atom is 0.261 e. The molecule has 0 saturated carbocycles. The summed E-state index contributed by atoms with van der Waals surface area (Å²) in [6.07, 6.45) is 0. The first-order valence-corrected chi connectivity index (χ1v) is 10.0. The van der Waals surface area contributed by atoms with Crippen molar-refractivity contribution in [2.45, 2.75) is 31.6 Å². The van der Waals surface area contributed by atoms with Crippen molar-refractivity contribution in [3.8, 4) is 0 Å². The molecular formula is C19H21N3O4S. The number of amides is 2. The predicted octanol–water partition coefficient (Wildman–Crippen LogP) is 3.14. The third-order valence-corrected chi connectivity index (χ3v) is 5.73. The molecule has 3 rings (SSSR count). The normalized spacial score (nSPS) is 16.0. The summed E-state index contributed by atoms with van der Waals surface area (Å²) >= 11 is 0. The fourth-order valence-corrected chi connectivity index (χ4v) is 4.20. The number of fused-ring (bicyclic) bond motifs is 1. The molecule has 0 aliphatic carbocycles. The topological polar surface area (TPSA) is 104 Å². The van der Waals surface area contributed by atoms with E-state index in [9.17, 15) is 18.0 Å². The first kappa shape index (κ1) is 18.9. The Morgan fingerprint density at radius 3 is 2.30 bits per heavy atom. The van der Waals surface area contributed by atoms with Crippen LogP contribution >= 0.6 is 0 Å². The maximum atomic E-state index is 12.6. The van der Waals surface area contributed by atoms with Gasteiger partial charge < -0.3 is 10.6 Å². The molecule has 2 aromatic rings. The van der Waals surface area contributed by atoms with E-state index in [-0.39, 0.29) is 28.5 Å². The molecule has 0 fully saturated rings. The van der Waals surface area contributed by atoms with Crippen LogP contribution in [0.15, 0.2) is 47.4 Å². The molecule has 0 spiro atoms. The van der Waals surface area contributed by atoms with Gasteiger partial charge in [-0.05, 0) is 53.9 Å². The summed E-state index contributed by atoms with van der Waals surface area (Å²) in [5, 5.41) is 5.41. The van der Waals surface area contributed by atoms with Crippen molar-refractivity contribution >= 4 is 38.9 Å². The quantitative estimate of drug-likeness (QED) is 0.733. The molecule has 1 unspecified atom stereocenters. The summed E-state index contributed by atoms with van der Waals surface area (Å²) in [6.45, 7) is 5.28. The van der Waals surface area contributed by atoms with Crippen LogP contribution in [0.4, 0.5) is 17.1 Å². The standard InChI is InChI=1S/C19H21N3O4S/c1-11(2)18-16-10-14(6-9-17(16)21-19(18)24)22-27(25,26)15-7-4-13(5-8-15)20-12(3)23/h4-11,18,22H,1-3H3,(H,20,23)(H,21,24). The molecule has 142 valence electrons. The highest BCUT2D eigenvalue weighted by Gasteiger charge is 2.33. The second-order valence-corrected chi connectivity index (χ2v) is 8.51. The highest BCUT2D eigenvalue weighted by atomic mass is 32.2. The Hall–Kier alpha value is -2.87. The smallest absolute Gasteiger partial charge is 0.261 e. The molecule has 2 amide bonds. The van der Waals surface area contributed by atoms with E-state index in [0.29, 0.717) is 17.1 Å². The van der Waals surface area contributed by atoms with Gasteiger partial charge in [0.1, 0.15) is 0 Å². The van der Waals surface area contributed by atoms with Crippen molar-refractivity contribution in [3.05, 3.63) is 48.0 Å². The lowest BCUT2D eigenvalue weighted by Crippen LogP contribution is -2.17. The van der Waals surface area contributed by atoms with Gasteiger partial charge in [0, 0.05) is 24.0 Å². The number of sulfonamides is 1. The third kappa shape index (κ3) is 3.95. The van der Waals surface area contributed by atoms with Gasteiger partial charge in [-0.25, -0.2) is 8.42 Å². The molecular weight excluding hydrogens is 366 g/mol. The van der Waals surface area contributed by atoms with E-state index in [2.05, 4.69) is 15.4 Å². The van der Waals surface area contributed by atoms with Crippen molar-refractivity contribution in [2.24, 2.45) is 5.92 Å². The van der Waals surface area contributed by atoms with E-state index in [1.165, 1.54) is 31.2 Å². The number of carbonyl (C=O) groups is 2. The van der Waals surface area contributed by atoms with Crippen LogP contribution in [0.1, 0.15) is 32.3 Å². The molecule has 1 atom stereocenters. The van der Waals surface area contributed by atoms with Crippen molar-refractivity contribution < 1.29 is 18.0 Å². The maximum absolute atomic E-state index is 12.6. The van der Waals surface area contributed by atoms with E-state index >= 15 is 0 Å². The number of anilines is 3. The number of carbonyl (C=O) groups excluding carboxylic acids is 2. The molecule has 1 aliphatic rings. The number of nitrogens with one attached hydrogen (secondary N) is 3. The van der Waals surface area contributed by atoms with Crippen LogP contribution in [0.25, 0.3) is 0 Å². The average molecular weight is 387 g/mol. The minimum atomic E-state index is -3.80. The lowest BCUT2D eigenvalue weighted by Gasteiger charge is -2.14. The van der Waals surface area contributed by atoms with Crippen molar-refractivity contribution in [1.82, 2.24) is 0 Å². The number of hydrogen-bond acceptors (Lipinski definition) is 4. The summed E-state index contributed by atoms with van der Waals surface area (Å²) < 4.78 is 27.8. The zero-order valence-electron chi connectivity index (χ0n) is 15.2. The fourth-order valence-electron chi connectivity index (χ4n) is 3.15. The van der Waals surface area contributed by atoms with Gasteiger partial charge in [-0.15, -0.1) is 0 Å². The largest absolute Gasteiger partial charge is 0.326 e. The van der Waals surface area contributed by atoms with Crippen LogP contribution < -0.4 is 15.4 Å². The highest BCUT2D eigenvalue weighted by Crippen LogP contribution is 2.39. The van der Waals surface area contributed by atoms with Crippen LogP contribution in [-0.2, 0) is 19.6 Å². The molecule has 0 radical (unpaired) electrons. The minimum Gasteiger partial charge on any atom is -0.326 e. The van der Waals surface area contributed by atoms with Gasteiger partial charge in [0.25, 0.3) is 10.0 Å². The summed E-state index contributed by atoms with van der Waals surface area (Å²) in [6, 6.07) is 10.9. The second-order valence-electron chi connectivity index (χ2n) is 6.82. The zero-order chi connectivity index (χ0) is 19.8. The second kappa shape index (κ2) is 7.03. The zero-order valence-corrected chi connectivity index (χ0v) is 16.1. The van der Waals surface area contributed by atoms with E-state index in [1.54, 1.807) is 18.2 Å². The van der Waals surface area contributed by atoms with Gasteiger partial charge in [0.15, 0.2) is 0 Å². The summed E-state index contributed by atoms with van der Waals surface area (Å²) in [5.74, 6) is -0.515. The molecule has 27 heavy (non-hydrogen) atoms. The van der Waals surface area contributed by atoms with E-state index in [4.69, 9.17) is 0 Å². The summed E-state index contributed by atoms with van der Waals surface area (Å²) in [4.78, 5) is 23.3. The monoisotopic (exact) mass is 387 g/mol. The van der Waals surface area contributed by atoms with E-state index in [1.807, 2.05) is 13.8 Å². The van der Waals surface area contributed by atoms with Gasteiger partial charge in [-0.3, -0.25) is 14.3 Å². The predicted molar refractivity (Wildman–Crippen MR) is 104 cm³/mol. The Morgan fingerprint density at radius 2 is 1.70 bits per heavy atom. The van der Waals surface area contributed by atoms with Crippen LogP contribution in [-0.4, -0.2) is 20.2 Å². The molecule has 7 nitrogen and oxygen atoms in total. The van der Waals surface area contributed by atoms with Gasteiger partial charge in [-0.1, -0.05) is 13.8 Å². The molecule has 1 aliphatic heterocycles. The molecule has 2 aromatic carbocycles. The summed E-state index contributed by atoms with van der Waals surface area (Å²) in [5.41, 5.74) is 2.41. The summed E-state index contributed by atoms with van der Waals surface area (Å²) in [7, 11) is -3.80. The van der Waals surface area contributed by atoms with Crippen LogP contribution in [0.3, 0.4) is 0 Å². The van der Waals surface area contributed by atoms with Crippen LogP contribution in [0, 0.1) is 5.92 Å². The van der Waals surface area contributed by atoms with Gasteiger partial charge in [0.05, 0.1) is 10.8 Å². The molecule has 8 heteroatoms.